The predicted molar refractivity (Wildman–Crippen MR) is 154 cm³/mol. The number of carbonyl (C=O) groups is 1. The van der Waals surface area contributed by atoms with Crippen LogP contribution in [-0.2, 0) is 10.0 Å². The molecular formula is C29H36FN5O4S. The molecule has 2 fully saturated rings. The van der Waals surface area contributed by atoms with Crippen molar-refractivity contribution in [1.29, 1.82) is 0 Å². The van der Waals surface area contributed by atoms with E-state index in [1.54, 1.807) is 18.2 Å². The maximum absolute atomic E-state index is 14.1. The third-order valence-electron chi connectivity index (χ3n) is 7.91. The number of para-hydroxylation sites is 1. The Balaban J connectivity index is 1.21. The summed E-state index contributed by atoms with van der Waals surface area (Å²) in [4.78, 5) is 32.5. The summed E-state index contributed by atoms with van der Waals surface area (Å²) in [7, 11) is -3.73. The zero-order valence-electron chi connectivity index (χ0n) is 22.7. The quantitative estimate of drug-likeness (QED) is 0.404. The molecular weight excluding hydrogens is 533 g/mol. The van der Waals surface area contributed by atoms with Gasteiger partial charge in [0.25, 0.3) is 5.91 Å². The van der Waals surface area contributed by atoms with Crippen molar-refractivity contribution >= 4 is 32.5 Å². The van der Waals surface area contributed by atoms with Gasteiger partial charge in [0.2, 0.25) is 15.6 Å². The third-order valence-corrected chi connectivity index (χ3v) is 9.92. The summed E-state index contributed by atoms with van der Waals surface area (Å²) in [5, 5.41) is 3.29. The average Bonchev–Trinajstić information content (AvgIpc) is 2.95. The maximum Gasteiger partial charge on any atom is 0.252 e. The Hall–Kier alpha value is -3.28. The molecule has 2 aromatic carbocycles. The molecule has 11 heteroatoms. The highest BCUT2D eigenvalue weighted by molar-refractivity contribution is 7.89. The van der Waals surface area contributed by atoms with Gasteiger partial charge in [-0.05, 0) is 63.1 Å². The molecule has 1 aromatic heterocycles. The Kier molecular flexibility index (Phi) is 8.53. The Morgan fingerprint density at radius 1 is 1.05 bits per heavy atom. The molecule has 214 valence electrons. The number of hydrogen-bond acceptors (Lipinski definition) is 6. The summed E-state index contributed by atoms with van der Waals surface area (Å²) < 4.78 is 42.4. The molecule has 0 bridgehead atoms. The highest BCUT2D eigenvalue weighted by Crippen LogP contribution is 2.28. The van der Waals surface area contributed by atoms with Crippen LogP contribution in [0.25, 0.3) is 10.9 Å². The zero-order chi connectivity index (χ0) is 28.3. The van der Waals surface area contributed by atoms with Crippen molar-refractivity contribution in [2.75, 3.05) is 50.7 Å². The number of pyridine rings is 1. The second kappa shape index (κ2) is 12.1. The van der Waals surface area contributed by atoms with E-state index in [1.165, 1.54) is 28.6 Å². The normalized spacial score (nSPS) is 19.1. The molecule has 2 aliphatic heterocycles. The molecule has 3 aromatic rings. The van der Waals surface area contributed by atoms with Crippen LogP contribution in [0.2, 0.25) is 0 Å². The summed E-state index contributed by atoms with van der Waals surface area (Å²) in [5.74, 6) is -0.627. The number of aromatic amines is 1. The number of piperazine rings is 1. The molecule has 0 spiro atoms. The van der Waals surface area contributed by atoms with E-state index >= 15 is 0 Å². The number of rotatable bonds is 8. The van der Waals surface area contributed by atoms with Gasteiger partial charge >= 0.3 is 0 Å². The minimum atomic E-state index is -3.73. The molecule has 9 nitrogen and oxygen atoms in total. The van der Waals surface area contributed by atoms with Crippen molar-refractivity contribution in [2.24, 2.45) is 0 Å². The second-order valence-corrected chi connectivity index (χ2v) is 12.5. The number of nitrogens with one attached hydrogen (secondary N) is 2. The minimum Gasteiger partial charge on any atom is -0.367 e. The van der Waals surface area contributed by atoms with E-state index in [4.69, 9.17) is 0 Å². The largest absolute Gasteiger partial charge is 0.367 e. The van der Waals surface area contributed by atoms with Crippen LogP contribution >= 0.6 is 0 Å². The van der Waals surface area contributed by atoms with E-state index in [1.807, 2.05) is 17.9 Å². The number of carbonyl (C=O) groups excluding carboxylic acids is 1. The van der Waals surface area contributed by atoms with Crippen molar-refractivity contribution in [1.82, 2.24) is 19.5 Å². The molecule has 0 saturated carbocycles. The lowest BCUT2D eigenvalue weighted by molar-refractivity contribution is 0.0953. The summed E-state index contributed by atoms with van der Waals surface area (Å²) in [6, 6.07) is 12.5. The Morgan fingerprint density at radius 3 is 2.58 bits per heavy atom. The van der Waals surface area contributed by atoms with Gasteiger partial charge in [0.05, 0.1) is 16.1 Å². The number of hydrogen-bond donors (Lipinski definition) is 2. The number of amides is 1. The lowest BCUT2D eigenvalue weighted by atomic mass is 10.1. The van der Waals surface area contributed by atoms with Crippen molar-refractivity contribution in [3.05, 3.63) is 70.3 Å². The Morgan fingerprint density at radius 2 is 1.82 bits per heavy atom. The standard InChI is InChI=1S/C29H36FN5O4S/c1-21-7-4-5-14-35(21)40(38,39)22-10-11-26-23(19-22)24(20-28(36)32-26)29(37)31-12-6-13-33-15-17-34(18-16-33)27-9-3-2-8-25(27)30/h2-3,8-11,19-21H,4-7,12-18H2,1H3,(H,31,37)(H,32,36)/t21-/m1/s1. The zero-order valence-corrected chi connectivity index (χ0v) is 23.6. The fourth-order valence-electron chi connectivity index (χ4n) is 5.67. The first-order chi connectivity index (χ1) is 19.2. The smallest absolute Gasteiger partial charge is 0.252 e. The van der Waals surface area contributed by atoms with Crippen LogP contribution in [0.1, 0.15) is 43.0 Å². The molecule has 0 aliphatic carbocycles. The number of fused-ring (bicyclic) bond motifs is 1. The monoisotopic (exact) mass is 569 g/mol. The highest BCUT2D eigenvalue weighted by Gasteiger charge is 2.31. The van der Waals surface area contributed by atoms with Gasteiger partial charge in [0.15, 0.2) is 0 Å². The predicted octanol–water partition coefficient (Wildman–Crippen LogP) is 3.17. The van der Waals surface area contributed by atoms with Gasteiger partial charge in [-0.15, -0.1) is 0 Å². The number of piperidine rings is 1. The van der Waals surface area contributed by atoms with Crippen molar-refractivity contribution in [3.63, 3.8) is 0 Å². The first kappa shape index (κ1) is 28.3. The molecule has 2 saturated heterocycles. The van der Waals surface area contributed by atoms with Gasteiger partial charge in [0.1, 0.15) is 5.82 Å². The van der Waals surface area contributed by atoms with Crippen LogP contribution in [0.15, 0.2) is 58.2 Å². The molecule has 3 heterocycles. The molecule has 5 rings (SSSR count). The van der Waals surface area contributed by atoms with Crippen LogP contribution in [-0.4, -0.2) is 80.4 Å². The van der Waals surface area contributed by atoms with Crippen LogP contribution in [0.4, 0.5) is 10.1 Å². The number of aromatic nitrogens is 1. The fourth-order valence-corrected chi connectivity index (χ4v) is 7.39. The van der Waals surface area contributed by atoms with Crippen molar-refractivity contribution in [3.8, 4) is 0 Å². The van der Waals surface area contributed by atoms with Crippen molar-refractivity contribution < 1.29 is 17.6 Å². The van der Waals surface area contributed by atoms with Crippen LogP contribution in [0.3, 0.4) is 0 Å². The Bertz CT molecular complexity index is 1530. The number of halogens is 1. The lowest BCUT2D eigenvalue weighted by Crippen LogP contribution is -2.47. The van der Waals surface area contributed by atoms with E-state index in [0.717, 1.165) is 52.0 Å². The van der Waals surface area contributed by atoms with E-state index in [2.05, 4.69) is 15.2 Å². The first-order valence-corrected chi connectivity index (χ1v) is 15.4. The number of H-pyrrole nitrogens is 1. The Labute approximate surface area is 234 Å². The van der Waals surface area contributed by atoms with Gasteiger partial charge in [-0.2, -0.15) is 4.31 Å². The van der Waals surface area contributed by atoms with E-state index in [0.29, 0.717) is 36.1 Å². The molecule has 1 atom stereocenters. The number of sulfonamides is 1. The summed E-state index contributed by atoms with van der Waals surface area (Å²) >= 11 is 0. The van der Waals surface area contributed by atoms with Gasteiger partial charge in [-0.3, -0.25) is 14.5 Å². The maximum atomic E-state index is 14.1. The number of anilines is 1. The minimum absolute atomic E-state index is 0.0877. The van der Waals surface area contributed by atoms with Gasteiger partial charge in [-0.25, -0.2) is 12.8 Å². The molecule has 2 aliphatic rings. The average molecular weight is 570 g/mol. The van der Waals surface area contributed by atoms with E-state index in [-0.39, 0.29) is 22.3 Å². The van der Waals surface area contributed by atoms with Gasteiger partial charge in [0, 0.05) is 62.3 Å². The lowest BCUT2D eigenvalue weighted by Gasteiger charge is -2.36. The van der Waals surface area contributed by atoms with Crippen LogP contribution < -0.4 is 15.8 Å². The number of benzene rings is 2. The molecule has 0 unspecified atom stereocenters. The highest BCUT2D eigenvalue weighted by atomic mass is 32.2. The van der Waals surface area contributed by atoms with Crippen LogP contribution in [0, 0.1) is 5.82 Å². The fraction of sp³-hybridized carbons (Fsp3) is 0.448. The topological polar surface area (TPSA) is 106 Å². The second-order valence-electron chi connectivity index (χ2n) is 10.6. The molecule has 0 radical (unpaired) electrons. The summed E-state index contributed by atoms with van der Waals surface area (Å²) in [6.07, 6.45) is 3.34. The molecule has 1 amide bonds. The van der Waals surface area contributed by atoms with E-state index in [9.17, 15) is 22.4 Å². The SMILES string of the molecule is C[C@@H]1CCCCN1S(=O)(=O)c1ccc2[nH]c(=O)cc(C(=O)NCCCN3CCN(c4ccccc4F)CC3)c2c1. The van der Waals surface area contributed by atoms with Crippen LogP contribution in [0.5, 0.6) is 0 Å². The van der Waals surface area contributed by atoms with E-state index < -0.39 is 21.5 Å². The summed E-state index contributed by atoms with van der Waals surface area (Å²) in [6.45, 7) is 6.63. The number of nitrogens with zero attached hydrogens (tertiary/aromatic N) is 3. The first-order valence-electron chi connectivity index (χ1n) is 13.9. The molecule has 40 heavy (non-hydrogen) atoms. The van der Waals surface area contributed by atoms with Gasteiger partial charge in [-0.1, -0.05) is 18.6 Å². The van der Waals surface area contributed by atoms with Gasteiger partial charge < -0.3 is 15.2 Å². The summed E-state index contributed by atoms with van der Waals surface area (Å²) in [5.41, 5.74) is 0.767. The molecule has 2 N–H and O–H groups in total. The third kappa shape index (κ3) is 6.06. The van der Waals surface area contributed by atoms with Crippen molar-refractivity contribution in [2.45, 2.75) is 43.5 Å².